The van der Waals surface area contributed by atoms with Crippen LogP contribution in [-0.4, -0.2) is 13.2 Å². The summed E-state index contributed by atoms with van der Waals surface area (Å²) in [6.07, 6.45) is 1.54. The zero-order valence-corrected chi connectivity index (χ0v) is 9.61. The molecule has 0 spiro atoms. The molecule has 1 aromatic rings. The summed E-state index contributed by atoms with van der Waals surface area (Å²) in [6, 6.07) is 1.75. The lowest BCUT2D eigenvalue weighted by molar-refractivity contribution is 0.425. The summed E-state index contributed by atoms with van der Waals surface area (Å²) < 4.78 is 5.98. The second kappa shape index (κ2) is 4.56. The van der Waals surface area contributed by atoms with E-state index in [2.05, 4.69) is 20.9 Å². The molecule has 0 radical (unpaired) electrons. The Balaban J connectivity index is 2.96. The standard InChI is InChI=1S/C8H8BrNO2S/c1-5(10-4-11)7-3-6(9)8(12-2)13-7/h3,5H,1-2H3. The molecule has 0 aliphatic carbocycles. The van der Waals surface area contributed by atoms with E-state index >= 15 is 0 Å². The minimum absolute atomic E-state index is 0.150. The number of hydrogen-bond acceptors (Lipinski definition) is 4. The molecule has 0 fully saturated rings. The van der Waals surface area contributed by atoms with E-state index in [1.54, 1.807) is 7.11 Å². The van der Waals surface area contributed by atoms with Gasteiger partial charge in [0, 0.05) is 4.88 Å². The van der Waals surface area contributed by atoms with Crippen LogP contribution in [0.2, 0.25) is 0 Å². The lowest BCUT2D eigenvalue weighted by Crippen LogP contribution is -1.82. The van der Waals surface area contributed by atoms with Crippen molar-refractivity contribution in [3.8, 4) is 5.06 Å². The van der Waals surface area contributed by atoms with E-state index in [0.717, 1.165) is 14.4 Å². The van der Waals surface area contributed by atoms with Gasteiger partial charge < -0.3 is 4.74 Å². The fourth-order valence-electron chi connectivity index (χ4n) is 0.857. The van der Waals surface area contributed by atoms with Crippen LogP contribution in [0.15, 0.2) is 15.5 Å². The summed E-state index contributed by atoms with van der Waals surface area (Å²) in [7, 11) is 1.61. The van der Waals surface area contributed by atoms with Crippen molar-refractivity contribution in [2.45, 2.75) is 13.0 Å². The Kier molecular flexibility index (Phi) is 3.66. The SMILES string of the molecule is COc1sc(C(C)N=C=O)cc1Br. The molecule has 1 heterocycles. The molecule has 0 N–H and O–H groups in total. The van der Waals surface area contributed by atoms with Crippen LogP contribution in [0.25, 0.3) is 0 Å². The lowest BCUT2D eigenvalue weighted by atomic mass is 10.3. The zero-order valence-electron chi connectivity index (χ0n) is 7.20. The molecule has 3 nitrogen and oxygen atoms in total. The molecule has 1 rings (SSSR count). The summed E-state index contributed by atoms with van der Waals surface area (Å²) in [5, 5.41) is 0.794. The maximum Gasteiger partial charge on any atom is 0.235 e. The van der Waals surface area contributed by atoms with Crippen molar-refractivity contribution in [3.05, 3.63) is 15.4 Å². The molecule has 0 bridgehead atoms. The number of isocyanates is 1. The second-order valence-electron chi connectivity index (χ2n) is 2.38. The van der Waals surface area contributed by atoms with E-state index in [-0.39, 0.29) is 6.04 Å². The Hall–Kier alpha value is -0.640. The van der Waals surface area contributed by atoms with Gasteiger partial charge in [-0.05, 0) is 28.9 Å². The Morgan fingerprint density at radius 1 is 1.77 bits per heavy atom. The third kappa shape index (κ3) is 2.40. The van der Waals surface area contributed by atoms with Crippen molar-refractivity contribution in [1.82, 2.24) is 0 Å². The first-order chi connectivity index (χ1) is 6.19. The van der Waals surface area contributed by atoms with E-state index in [9.17, 15) is 4.79 Å². The summed E-state index contributed by atoms with van der Waals surface area (Å²) in [6.45, 7) is 1.84. The molecule has 70 valence electrons. The van der Waals surface area contributed by atoms with Crippen LogP contribution < -0.4 is 4.74 Å². The minimum Gasteiger partial charge on any atom is -0.486 e. The monoisotopic (exact) mass is 261 g/mol. The molecule has 0 saturated heterocycles. The van der Waals surface area contributed by atoms with Crippen molar-refractivity contribution in [3.63, 3.8) is 0 Å². The van der Waals surface area contributed by atoms with Gasteiger partial charge in [-0.2, -0.15) is 4.99 Å². The molecule has 0 amide bonds. The van der Waals surface area contributed by atoms with Gasteiger partial charge in [-0.3, -0.25) is 0 Å². The summed E-state index contributed by atoms with van der Waals surface area (Å²) >= 11 is 4.81. The Bertz CT molecular complexity index is 344. The zero-order chi connectivity index (χ0) is 9.84. The van der Waals surface area contributed by atoms with Crippen molar-refractivity contribution in [2.75, 3.05) is 7.11 Å². The van der Waals surface area contributed by atoms with Crippen LogP contribution in [0, 0.1) is 0 Å². The van der Waals surface area contributed by atoms with E-state index < -0.39 is 0 Å². The fourth-order valence-corrected chi connectivity index (χ4v) is 2.51. The largest absolute Gasteiger partial charge is 0.486 e. The van der Waals surface area contributed by atoms with E-state index in [4.69, 9.17) is 4.74 Å². The molecule has 1 aromatic heterocycles. The van der Waals surface area contributed by atoms with Gasteiger partial charge >= 0.3 is 0 Å². The number of aliphatic imine (C=N–C) groups is 1. The van der Waals surface area contributed by atoms with Crippen molar-refractivity contribution >= 4 is 33.3 Å². The topological polar surface area (TPSA) is 38.7 Å². The Morgan fingerprint density at radius 3 is 2.92 bits per heavy atom. The van der Waals surface area contributed by atoms with E-state index in [1.807, 2.05) is 13.0 Å². The average Bonchev–Trinajstić information content (AvgIpc) is 2.47. The lowest BCUT2D eigenvalue weighted by Gasteiger charge is -1.97. The normalized spacial score (nSPS) is 11.9. The Morgan fingerprint density at radius 2 is 2.46 bits per heavy atom. The number of rotatable bonds is 3. The van der Waals surface area contributed by atoms with Crippen LogP contribution in [0.4, 0.5) is 0 Å². The Labute approximate surface area is 88.6 Å². The highest BCUT2D eigenvalue weighted by Gasteiger charge is 2.11. The molecular formula is C8H8BrNO2S. The quantitative estimate of drug-likeness (QED) is 0.620. The summed E-state index contributed by atoms with van der Waals surface area (Å²) in [4.78, 5) is 14.6. The molecule has 13 heavy (non-hydrogen) atoms. The number of carbonyl (C=O) groups excluding carboxylic acids is 1. The van der Waals surface area contributed by atoms with E-state index in [1.165, 1.54) is 17.4 Å². The van der Waals surface area contributed by atoms with Gasteiger partial charge in [0.2, 0.25) is 6.08 Å². The first kappa shape index (κ1) is 10.4. The van der Waals surface area contributed by atoms with Crippen LogP contribution in [0.5, 0.6) is 5.06 Å². The number of nitrogens with zero attached hydrogens (tertiary/aromatic N) is 1. The van der Waals surface area contributed by atoms with Crippen molar-refractivity contribution in [1.29, 1.82) is 0 Å². The summed E-state index contributed by atoms with van der Waals surface area (Å²) in [5.41, 5.74) is 0. The maximum atomic E-state index is 10.0. The first-order valence-electron chi connectivity index (χ1n) is 3.59. The number of halogens is 1. The highest BCUT2D eigenvalue weighted by atomic mass is 79.9. The molecular weight excluding hydrogens is 254 g/mol. The molecule has 0 aliphatic rings. The van der Waals surface area contributed by atoms with Crippen molar-refractivity contribution < 1.29 is 9.53 Å². The van der Waals surface area contributed by atoms with Crippen LogP contribution in [0.3, 0.4) is 0 Å². The van der Waals surface area contributed by atoms with Crippen LogP contribution in [-0.2, 0) is 4.79 Å². The molecule has 0 aliphatic heterocycles. The first-order valence-corrected chi connectivity index (χ1v) is 5.20. The number of thiophene rings is 1. The predicted octanol–water partition coefficient (Wildman–Crippen LogP) is 2.92. The number of methoxy groups -OCH3 is 1. The van der Waals surface area contributed by atoms with E-state index in [0.29, 0.717) is 0 Å². The van der Waals surface area contributed by atoms with Gasteiger partial charge in [-0.1, -0.05) is 0 Å². The molecule has 0 aromatic carbocycles. The van der Waals surface area contributed by atoms with Gasteiger partial charge in [0.15, 0.2) is 5.06 Å². The van der Waals surface area contributed by atoms with Gasteiger partial charge in [-0.25, -0.2) is 4.79 Å². The molecule has 0 saturated carbocycles. The van der Waals surface area contributed by atoms with Gasteiger partial charge in [-0.15, -0.1) is 11.3 Å². The maximum absolute atomic E-state index is 10.0. The third-order valence-corrected chi connectivity index (χ3v) is 3.64. The van der Waals surface area contributed by atoms with Gasteiger partial charge in [0.05, 0.1) is 17.6 Å². The van der Waals surface area contributed by atoms with Gasteiger partial charge in [0.1, 0.15) is 0 Å². The number of hydrogen-bond donors (Lipinski definition) is 0. The van der Waals surface area contributed by atoms with Crippen molar-refractivity contribution in [2.24, 2.45) is 4.99 Å². The molecule has 5 heteroatoms. The smallest absolute Gasteiger partial charge is 0.235 e. The van der Waals surface area contributed by atoms with Gasteiger partial charge in [0.25, 0.3) is 0 Å². The molecule has 1 unspecified atom stereocenters. The van der Waals surface area contributed by atoms with Crippen LogP contribution in [0.1, 0.15) is 17.8 Å². The number of ether oxygens (including phenoxy) is 1. The third-order valence-electron chi connectivity index (χ3n) is 1.52. The molecule has 1 atom stereocenters. The predicted molar refractivity (Wildman–Crippen MR) is 55.1 cm³/mol. The second-order valence-corrected chi connectivity index (χ2v) is 4.29. The highest BCUT2D eigenvalue weighted by Crippen LogP contribution is 2.38. The summed E-state index contributed by atoms with van der Waals surface area (Å²) in [5.74, 6) is 0. The average molecular weight is 262 g/mol. The van der Waals surface area contributed by atoms with Crippen LogP contribution >= 0.6 is 27.3 Å². The minimum atomic E-state index is -0.150. The highest BCUT2D eigenvalue weighted by molar-refractivity contribution is 9.10. The fraction of sp³-hybridized carbons (Fsp3) is 0.375.